The molecule has 0 unspecified atom stereocenters. The number of rotatable bonds is 6. The number of nitrogens with zero attached hydrogens (tertiary/aromatic N) is 2. The first kappa shape index (κ1) is 19.9. The molecule has 1 heterocycles. The van der Waals surface area contributed by atoms with Gasteiger partial charge in [-0.05, 0) is 50.5 Å². The van der Waals surface area contributed by atoms with Crippen molar-refractivity contribution in [1.82, 2.24) is 20.8 Å². The van der Waals surface area contributed by atoms with Crippen LogP contribution in [-0.4, -0.2) is 28.6 Å². The van der Waals surface area contributed by atoms with Crippen molar-refractivity contribution in [2.75, 3.05) is 11.9 Å². The molecule has 0 radical (unpaired) electrons. The van der Waals surface area contributed by atoms with Crippen molar-refractivity contribution in [3.8, 4) is 0 Å². The molecule has 8 heteroatoms. The maximum absolute atomic E-state index is 12.2. The number of carbonyl (C=O) groups excluding carboxylic acids is 2. The van der Waals surface area contributed by atoms with Crippen LogP contribution in [0.25, 0.3) is 0 Å². The molecule has 0 atom stereocenters. The topological polar surface area (TPSA) is 109 Å². The van der Waals surface area contributed by atoms with Crippen molar-refractivity contribution < 1.29 is 14.1 Å². The number of anilines is 1. The number of urea groups is 1. The van der Waals surface area contributed by atoms with Gasteiger partial charge in [-0.15, -0.1) is 0 Å². The SMILES string of the molecule is CCNC(=O)c1ccc(NC(=O)NCc2nc(C3CCCCC3)no2)c(C)c1. The van der Waals surface area contributed by atoms with Crippen molar-refractivity contribution in [3.05, 3.63) is 41.0 Å². The van der Waals surface area contributed by atoms with Gasteiger partial charge in [-0.3, -0.25) is 4.79 Å². The van der Waals surface area contributed by atoms with Crippen molar-refractivity contribution in [2.45, 2.75) is 58.4 Å². The summed E-state index contributed by atoms with van der Waals surface area (Å²) in [5.41, 5.74) is 2.00. The van der Waals surface area contributed by atoms with E-state index in [0.29, 0.717) is 29.6 Å². The number of amides is 3. The fourth-order valence-electron chi connectivity index (χ4n) is 3.40. The molecule has 1 aliphatic rings. The molecule has 0 aliphatic heterocycles. The Morgan fingerprint density at radius 2 is 1.96 bits per heavy atom. The van der Waals surface area contributed by atoms with Crippen LogP contribution >= 0.6 is 0 Å². The molecule has 28 heavy (non-hydrogen) atoms. The van der Waals surface area contributed by atoms with Gasteiger partial charge in [0.25, 0.3) is 5.91 Å². The van der Waals surface area contributed by atoms with E-state index in [-0.39, 0.29) is 18.5 Å². The Morgan fingerprint density at radius 3 is 2.68 bits per heavy atom. The minimum Gasteiger partial charge on any atom is -0.352 e. The number of aromatic nitrogens is 2. The third kappa shape index (κ3) is 5.09. The molecule has 0 saturated heterocycles. The van der Waals surface area contributed by atoms with Gasteiger partial charge < -0.3 is 20.5 Å². The Labute approximate surface area is 164 Å². The molecule has 2 aromatic rings. The summed E-state index contributed by atoms with van der Waals surface area (Å²) < 4.78 is 5.26. The van der Waals surface area contributed by atoms with Gasteiger partial charge in [-0.1, -0.05) is 24.4 Å². The van der Waals surface area contributed by atoms with Gasteiger partial charge in [0, 0.05) is 23.7 Å². The lowest BCUT2D eigenvalue weighted by molar-refractivity contribution is 0.0955. The van der Waals surface area contributed by atoms with E-state index in [9.17, 15) is 9.59 Å². The molecule has 1 saturated carbocycles. The Bertz CT molecular complexity index is 827. The first-order valence-electron chi connectivity index (χ1n) is 9.83. The quantitative estimate of drug-likeness (QED) is 0.705. The van der Waals surface area contributed by atoms with Crippen LogP contribution < -0.4 is 16.0 Å². The second-order valence-corrected chi connectivity index (χ2v) is 7.08. The lowest BCUT2D eigenvalue weighted by atomic mass is 9.89. The van der Waals surface area contributed by atoms with Gasteiger partial charge >= 0.3 is 6.03 Å². The number of hydrogen-bond acceptors (Lipinski definition) is 5. The van der Waals surface area contributed by atoms with Gasteiger partial charge in [0.15, 0.2) is 5.82 Å². The first-order valence-corrected chi connectivity index (χ1v) is 9.83. The van der Waals surface area contributed by atoms with Gasteiger partial charge in [-0.25, -0.2) is 4.79 Å². The van der Waals surface area contributed by atoms with Crippen LogP contribution in [0.3, 0.4) is 0 Å². The number of carbonyl (C=O) groups is 2. The summed E-state index contributed by atoms with van der Waals surface area (Å²) in [5.74, 6) is 1.38. The summed E-state index contributed by atoms with van der Waals surface area (Å²) in [7, 11) is 0. The highest BCUT2D eigenvalue weighted by Crippen LogP contribution is 2.30. The van der Waals surface area contributed by atoms with E-state index in [4.69, 9.17) is 4.52 Å². The fourth-order valence-corrected chi connectivity index (χ4v) is 3.40. The molecule has 1 aromatic carbocycles. The predicted octanol–water partition coefficient (Wildman–Crippen LogP) is 3.50. The molecule has 8 nitrogen and oxygen atoms in total. The van der Waals surface area contributed by atoms with E-state index in [1.165, 1.54) is 19.3 Å². The Morgan fingerprint density at radius 1 is 1.18 bits per heavy atom. The number of aryl methyl sites for hydroxylation is 1. The zero-order valence-corrected chi connectivity index (χ0v) is 16.4. The van der Waals surface area contributed by atoms with Gasteiger partial charge in [0.1, 0.15) is 0 Å². The third-order valence-electron chi connectivity index (χ3n) is 4.93. The van der Waals surface area contributed by atoms with E-state index in [1.54, 1.807) is 18.2 Å². The largest absolute Gasteiger partial charge is 0.352 e. The molecule has 3 N–H and O–H groups in total. The average molecular weight is 385 g/mol. The lowest BCUT2D eigenvalue weighted by Gasteiger charge is -2.17. The van der Waals surface area contributed by atoms with Crippen molar-refractivity contribution >= 4 is 17.6 Å². The summed E-state index contributed by atoms with van der Waals surface area (Å²) >= 11 is 0. The predicted molar refractivity (Wildman–Crippen MR) is 105 cm³/mol. The second kappa shape index (κ2) is 9.34. The van der Waals surface area contributed by atoms with Crippen LogP contribution in [-0.2, 0) is 6.54 Å². The summed E-state index contributed by atoms with van der Waals surface area (Å²) in [6.45, 7) is 4.44. The van der Waals surface area contributed by atoms with Crippen LogP contribution in [0.1, 0.15) is 72.6 Å². The standard InChI is InChI=1S/C20H27N5O3/c1-3-21-19(26)15-9-10-16(13(2)11-15)23-20(27)22-12-17-24-18(25-28-17)14-7-5-4-6-8-14/h9-11,14H,3-8,12H2,1-2H3,(H,21,26)(H2,22,23,27). The van der Waals surface area contributed by atoms with Crippen LogP contribution in [0.5, 0.6) is 0 Å². The summed E-state index contributed by atoms with van der Waals surface area (Å²) in [6, 6.07) is 4.77. The number of hydrogen-bond donors (Lipinski definition) is 3. The zero-order chi connectivity index (χ0) is 19.9. The van der Waals surface area contributed by atoms with E-state index >= 15 is 0 Å². The second-order valence-electron chi connectivity index (χ2n) is 7.08. The smallest absolute Gasteiger partial charge is 0.319 e. The summed E-state index contributed by atoms with van der Waals surface area (Å²) in [5, 5.41) is 12.3. The third-order valence-corrected chi connectivity index (χ3v) is 4.93. The number of benzene rings is 1. The van der Waals surface area contributed by atoms with E-state index in [0.717, 1.165) is 24.2 Å². The minimum atomic E-state index is -0.369. The molecule has 1 aliphatic carbocycles. The normalized spacial score (nSPS) is 14.5. The molecule has 150 valence electrons. The Balaban J connectivity index is 1.52. The van der Waals surface area contributed by atoms with Crippen LogP contribution in [0.15, 0.2) is 22.7 Å². The minimum absolute atomic E-state index is 0.133. The molecule has 1 aromatic heterocycles. The van der Waals surface area contributed by atoms with Crippen molar-refractivity contribution in [1.29, 1.82) is 0 Å². The molecular weight excluding hydrogens is 358 g/mol. The van der Waals surface area contributed by atoms with Gasteiger partial charge in [0.2, 0.25) is 5.89 Å². The zero-order valence-electron chi connectivity index (χ0n) is 16.4. The van der Waals surface area contributed by atoms with Crippen LogP contribution in [0.2, 0.25) is 0 Å². The maximum Gasteiger partial charge on any atom is 0.319 e. The van der Waals surface area contributed by atoms with Gasteiger partial charge in [0.05, 0.1) is 6.54 Å². The summed E-state index contributed by atoms with van der Waals surface area (Å²) in [4.78, 5) is 28.5. The summed E-state index contributed by atoms with van der Waals surface area (Å²) in [6.07, 6.45) is 5.87. The molecular formula is C20H27N5O3. The fraction of sp³-hybridized carbons (Fsp3) is 0.500. The van der Waals surface area contributed by atoms with E-state index in [2.05, 4.69) is 26.1 Å². The van der Waals surface area contributed by atoms with Crippen molar-refractivity contribution in [2.24, 2.45) is 0 Å². The van der Waals surface area contributed by atoms with Gasteiger partial charge in [-0.2, -0.15) is 4.98 Å². The molecule has 3 amide bonds. The van der Waals surface area contributed by atoms with Crippen LogP contribution in [0.4, 0.5) is 10.5 Å². The average Bonchev–Trinajstić information content (AvgIpc) is 3.18. The van der Waals surface area contributed by atoms with E-state index < -0.39 is 0 Å². The van der Waals surface area contributed by atoms with E-state index in [1.807, 2.05) is 13.8 Å². The Kier molecular flexibility index (Phi) is 6.62. The first-order chi connectivity index (χ1) is 13.6. The highest BCUT2D eigenvalue weighted by Gasteiger charge is 2.21. The highest BCUT2D eigenvalue weighted by atomic mass is 16.5. The molecule has 3 rings (SSSR count). The maximum atomic E-state index is 12.2. The van der Waals surface area contributed by atoms with Crippen LogP contribution in [0, 0.1) is 6.92 Å². The molecule has 0 bridgehead atoms. The number of nitrogens with one attached hydrogen (secondary N) is 3. The monoisotopic (exact) mass is 385 g/mol. The highest BCUT2D eigenvalue weighted by molar-refractivity contribution is 5.96. The lowest BCUT2D eigenvalue weighted by Crippen LogP contribution is -2.28. The molecule has 1 fully saturated rings. The Hall–Kier alpha value is -2.90. The molecule has 0 spiro atoms. The van der Waals surface area contributed by atoms with Crippen molar-refractivity contribution in [3.63, 3.8) is 0 Å².